The van der Waals surface area contributed by atoms with Crippen LogP contribution in [0.15, 0.2) is 22.8 Å². The second-order valence-electron chi connectivity index (χ2n) is 7.12. The molecule has 1 atom stereocenters. The molecule has 1 aliphatic carbocycles. The predicted molar refractivity (Wildman–Crippen MR) is 85.7 cm³/mol. The predicted octanol–water partition coefficient (Wildman–Crippen LogP) is 3.77. The van der Waals surface area contributed by atoms with E-state index in [1.165, 1.54) is 0 Å². The van der Waals surface area contributed by atoms with Crippen LogP contribution in [0.4, 0.5) is 4.79 Å². The maximum absolute atomic E-state index is 12.0. The average molecular weight is 308 g/mol. The number of nitrogens with one attached hydrogen (secondary N) is 2. The summed E-state index contributed by atoms with van der Waals surface area (Å²) in [6, 6.07) is 4.06. The van der Waals surface area contributed by atoms with E-state index in [1.807, 2.05) is 32.9 Å². The van der Waals surface area contributed by atoms with E-state index >= 15 is 0 Å². The quantitative estimate of drug-likeness (QED) is 0.839. The zero-order valence-corrected chi connectivity index (χ0v) is 14.1. The summed E-state index contributed by atoms with van der Waals surface area (Å²) in [4.78, 5) is 12.0. The van der Waals surface area contributed by atoms with Gasteiger partial charge in [0.05, 0.1) is 17.8 Å². The number of hydrogen-bond acceptors (Lipinski definition) is 4. The number of rotatable bonds is 6. The van der Waals surface area contributed by atoms with Gasteiger partial charge < -0.3 is 19.8 Å². The summed E-state index contributed by atoms with van der Waals surface area (Å²) >= 11 is 0. The Balaban J connectivity index is 1.89. The van der Waals surface area contributed by atoms with E-state index in [-0.39, 0.29) is 17.7 Å². The Labute approximate surface area is 132 Å². The summed E-state index contributed by atoms with van der Waals surface area (Å²) in [5.74, 6) is 0.939. The van der Waals surface area contributed by atoms with Crippen molar-refractivity contribution in [2.75, 3.05) is 6.54 Å². The molecule has 5 heteroatoms. The van der Waals surface area contributed by atoms with E-state index in [0.717, 1.165) is 38.0 Å². The molecule has 0 bridgehead atoms. The fourth-order valence-electron chi connectivity index (χ4n) is 2.72. The van der Waals surface area contributed by atoms with E-state index in [9.17, 15) is 4.79 Å². The molecule has 5 nitrogen and oxygen atoms in total. The van der Waals surface area contributed by atoms with Crippen LogP contribution in [0.1, 0.15) is 65.2 Å². The smallest absolute Gasteiger partial charge is 0.408 e. The third-order valence-corrected chi connectivity index (χ3v) is 4.06. The lowest BCUT2D eigenvalue weighted by Crippen LogP contribution is -2.60. The van der Waals surface area contributed by atoms with Crippen molar-refractivity contribution < 1.29 is 13.9 Å². The Kier molecular flexibility index (Phi) is 5.16. The monoisotopic (exact) mass is 308 g/mol. The lowest BCUT2D eigenvalue weighted by molar-refractivity contribution is 0.0378. The zero-order valence-electron chi connectivity index (χ0n) is 14.1. The molecule has 0 aliphatic heterocycles. The highest BCUT2D eigenvalue weighted by atomic mass is 16.6. The molecule has 1 aromatic heterocycles. The van der Waals surface area contributed by atoms with Crippen molar-refractivity contribution >= 4 is 6.09 Å². The molecule has 1 unspecified atom stereocenters. The number of carbonyl (C=O) groups excluding carboxylic acids is 1. The maximum atomic E-state index is 12.0. The van der Waals surface area contributed by atoms with Gasteiger partial charge in [-0.1, -0.05) is 6.92 Å². The van der Waals surface area contributed by atoms with E-state index in [1.54, 1.807) is 6.26 Å². The number of ether oxygens (including phenoxy) is 1. The summed E-state index contributed by atoms with van der Waals surface area (Å²) in [6.07, 6.45) is 5.39. The molecule has 2 rings (SSSR count). The van der Waals surface area contributed by atoms with Gasteiger partial charge in [-0.3, -0.25) is 0 Å². The first kappa shape index (κ1) is 16.9. The van der Waals surface area contributed by atoms with Crippen molar-refractivity contribution in [3.05, 3.63) is 24.2 Å². The Bertz CT molecular complexity index is 473. The minimum atomic E-state index is -0.470. The normalized spacial score (nSPS) is 18.4. The Morgan fingerprint density at radius 3 is 2.64 bits per heavy atom. The summed E-state index contributed by atoms with van der Waals surface area (Å²) in [5.41, 5.74) is -0.662. The number of carbonyl (C=O) groups is 1. The SMILES string of the molecule is CCC(NCC1(NC(=O)OC(C)(C)C)CCC1)c1ccco1. The molecule has 0 saturated heterocycles. The molecular weight excluding hydrogens is 280 g/mol. The number of furan rings is 1. The van der Waals surface area contributed by atoms with Gasteiger partial charge in [0.1, 0.15) is 11.4 Å². The Morgan fingerprint density at radius 1 is 1.45 bits per heavy atom. The highest BCUT2D eigenvalue weighted by Gasteiger charge is 2.39. The van der Waals surface area contributed by atoms with Crippen LogP contribution < -0.4 is 10.6 Å². The first-order valence-electron chi connectivity index (χ1n) is 8.11. The molecule has 1 amide bonds. The van der Waals surface area contributed by atoms with Gasteiger partial charge in [-0.15, -0.1) is 0 Å². The third-order valence-electron chi connectivity index (χ3n) is 4.06. The second-order valence-corrected chi connectivity index (χ2v) is 7.12. The fourth-order valence-corrected chi connectivity index (χ4v) is 2.72. The van der Waals surface area contributed by atoms with Gasteiger partial charge in [0.2, 0.25) is 0 Å². The van der Waals surface area contributed by atoms with Crippen LogP contribution in [0.25, 0.3) is 0 Å². The molecule has 1 fully saturated rings. The first-order chi connectivity index (χ1) is 10.3. The Hall–Kier alpha value is -1.49. The molecular formula is C17H28N2O3. The lowest BCUT2D eigenvalue weighted by atomic mass is 9.76. The summed E-state index contributed by atoms with van der Waals surface area (Å²) in [7, 11) is 0. The van der Waals surface area contributed by atoms with Crippen molar-refractivity contribution in [2.45, 2.75) is 70.6 Å². The van der Waals surface area contributed by atoms with E-state index in [4.69, 9.17) is 9.15 Å². The van der Waals surface area contributed by atoms with Gasteiger partial charge in [-0.05, 0) is 58.6 Å². The standard InChI is InChI=1S/C17H28N2O3/c1-5-13(14-8-6-11-21-14)18-12-17(9-7-10-17)19-15(20)22-16(2,3)4/h6,8,11,13,18H,5,7,9-10,12H2,1-4H3,(H,19,20). The highest BCUT2D eigenvalue weighted by molar-refractivity contribution is 5.69. The van der Waals surface area contributed by atoms with Gasteiger partial charge in [0, 0.05) is 6.54 Å². The number of hydrogen-bond donors (Lipinski definition) is 2. The molecule has 2 N–H and O–H groups in total. The largest absolute Gasteiger partial charge is 0.468 e. The molecule has 124 valence electrons. The number of alkyl carbamates (subject to hydrolysis) is 1. The van der Waals surface area contributed by atoms with Gasteiger partial charge >= 0.3 is 6.09 Å². The van der Waals surface area contributed by atoms with Crippen LogP contribution in [0.5, 0.6) is 0 Å². The topological polar surface area (TPSA) is 63.5 Å². The van der Waals surface area contributed by atoms with Gasteiger partial charge in [-0.25, -0.2) is 4.79 Å². The van der Waals surface area contributed by atoms with Gasteiger partial charge in [0.15, 0.2) is 0 Å². The molecule has 0 aromatic carbocycles. The van der Waals surface area contributed by atoms with Crippen LogP contribution in [0.2, 0.25) is 0 Å². The molecule has 1 saturated carbocycles. The average Bonchev–Trinajstić information content (AvgIpc) is 2.87. The van der Waals surface area contributed by atoms with E-state index < -0.39 is 5.60 Å². The molecule has 0 spiro atoms. The molecule has 1 aliphatic rings. The number of amides is 1. The zero-order chi connectivity index (χ0) is 16.2. The molecule has 1 heterocycles. The fraction of sp³-hybridized carbons (Fsp3) is 0.706. The molecule has 1 aromatic rings. The van der Waals surface area contributed by atoms with Gasteiger partial charge in [-0.2, -0.15) is 0 Å². The van der Waals surface area contributed by atoms with Crippen LogP contribution >= 0.6 is 0 Å². The van der Waals surface area contributed by atoms with Crippen LogP contribution in [0, 0.1) is 0 Å². The van der Waals surface area contributed by atoms with Crippen LogP contribution in [-0.2, 0) is 4.74 Å². The summed E-state index contributed by atoms with van der Waals surface area (Å²) < 4.78 is 10.9. The minimum absolute atomic E-state index is 0.174. The van der Waals surface area contributed by atoms with E-state index in [2.05, 4.69) is 17.6 Å². The van der Waals surface area contributed by atoms with E-state index in [0.29, 0.717) is 0 Å². The van der Waals surface area contributed by atoms with Crippen molar-refractivity contribution in [3.63, 3.8) is 0 Å². The van der Waals surface area contributed by atoms with Crippen LogP contribution in [-0.4, -0.2) is 23.8 Å². The second kappa shape index (κ2) is 6.73. The Morgan fingerprint density at radius 2 is 2.18 bits per heavy atom. The van der Waals surface area contributed by atoms with Crippen molar-refractivity contribution in [3.8, 4) is 0 Å². The van der Waals surface area contributed by atoms with Crippen molar-refractivity contribution in [1.82, 2.24) is 10.6 Å². The lowest BCUT2D eigenvalue weighted by Gasteiger charge is -2.43. The first-order valence-corrected chi connectivity index (χ1v) is 8.11. The summed E-state index contributed by atoms with van der Waals surface area (Å²) in [5, 5.41) is 6.58. The third kappa shape index (κ3) is 4.50. The molecule has 22 heavy (non-hydrogen) atoms. The molecule has 0 radical (unpaired) electrons. The summed E-state index contributed by atoms with van der Waals surface area (Å²) in [6.45, 7) is 8.48. The van der Waals surface area contributed by atoms with Crippen LogP contribution in [0.3, 0.4) is 0 Å². The highest BCUT2D eigenvalue weighted by Crippen LogP contribution is 2.32. The minimum Gasteiger partial charge on any atom is -0.468 e. The van der Waals surface area contributed by atoms with Crippen molar-refractivity contribution in [2.24, 2.45) is 0 Å². The van der Waals surface area contributed by atoms with Gasteiger partial charge in [0.25, 0.3) is 0 Å². The van der Waals surface area contributed by atoms with Crippen molar-refractivity contribution in [1.29, 1.82) is 0 Å². The maximum Gasteiger partial charge on any atom is 0.408 e.